The molecule has 2 heteroatoms. The number of hydrogen-bond acceptors (Lipinski definition) is 2. The van der Waals surface area contributed by atoms with E-state index in [1.807, 2.05) is 13.3 Å². The summed E-state index contributed by atoms with van der Waals surface area (Å²) in [5, 5.41) is 3.23. The van der Waals surface area contributed by atoms with Crippen molar-refractivity contribution in [3.05, 3.63) is 23.7 Å². The fourth-order valence-electron chi connectivity index (χ4n) is 2.04. The maximum atomic E-state index is 5.40. The molecule has 12 heavy (non-hydrogen) atoms. The third-order valence-electron chi connectivity index (χ3n) is 2.63. The molecule has 0 radical (unpaired) electrons. The average Bonchev–Trinajstić information content (AvgIpc) is 2.53. The number of hydrogen-bond donors (Lipinski definition) is 1. The van der Waals surface area contributed by atoms with Crippen LogP contribution in [0.15, 0.2) is 16.7 Å². The van der Waals surface area contributed by atoms with Gasteiger partial charge in [-0.25, -0.2) is 0 Å². The van der Waals surface area contributed by atoms with Gasteiger partial charge in [-0.15, -0.1) is 0 Å². The van der Waals surface area contributed by atoms with Crippen LogP contribution < -0.4 is 5.32 Å². The number of nitrogens with one attached hydrogen (secondary N) is 1. The highest BCUT2D eigenvalue weighted by molar-refractivity contribution is 5.24. The minimum absolute atomic E-state index is 0.678. The van der Waals surface area contributed by atoms with E-state index in [0.29, 0.717) is 5.92 Å². The largest absolute Gasteiger partial charge is 0.469 e. The van der Waals surface area contributed by atoms with Crippen LogP contribution in [0.1, 0.15) is 30.1 Å². The van der Waals surface area contributed by atoms with Gasteiger partial charge in [-0.05, 0) is 37.4 Å². The maximum Gasteiger partial charge on any atom is 0.107 e. The van der Waals surface area contributed by atoms with Crippen molar-refractivity contribution < 1.29 is 4.42 Å². The zero-order valence-corrected chi connectivity index (χ0v) is 7.47. The van der Waals surface area contributed by atoms with Crippen molar-refractivity contribution in [2.75, 3.05) is 13.6 Å². The topological polar surface area (TPSA) is 25.2 Å². The van der Waals surface area contributed by atoms with Gasteiger partial charge in [0.15, 0.2) is 0 Å². The lowest BCUT2D eigenvalue weighted by Crippen LogP contribution is -2.20. The van der Waals surface area contributed by atoms with Gasteiger partial charge in [0.1, 0.15) is 5.76 Å². The first-order chi connectivity index (χ1) is 5.92. The van der Waals surface area contributed by atoms with E-state index in [-0.39, 0.29) is 0 Å². The number of furan rings is 1. The van der Waals surface area contributed by atoms with E-state index in [2.05, 4.69) is 11.4 Å². The van der Waals surface area contributed by atoms with Crippen LogP contribution in [-0.2, 0) is 6.42 Å². The van der Waals surface area contributed by atoms with Crippen LogP contribution in [0.2, 0.25) is 0 Å². The Labute approximate surface area is 73.0 Å². The van der Waals surface area contributed by atoms with E-state index in [9.17, 15) is 0 Å². The smallest absolute Gasteiger partial charge is 0.107 e. The molecule has 1 unspecified atom stereocenters. The van der Waals surface area contributed by atoms with Gasteiger partial charge in [-0.1, -0.05) is 0 Å². The summed E-state index contributed by atoms with van der Waals surface area (Å²) in [6.07, 6.45) is 5.52. The van der Waals surface area contributed by atoms with Gasteiger partial charge in [0.2, 0.25) is 0 Å². The summed E-state index contributed by atoms with van der Waals surface area (Å²) in [7, 11) is 2.01. The molecule has 1 atom stereocenters. The third kappa shape index (κ3) is 1.27. The first kappa shape index (κ1) is 7.87. The van der Waals surface area contributed by atoms with E-state index >= 15 is 0 Å². The molecule has 2 rings (SSSR count). The molecular weight excluding hydrogens is 150 g/mol. The molecule has 0 saturated heterocycles. The second-order valence-electron chi connectivity index (χ2n) is 3.45. The van der Waals surface area contributed by atoms with Crippen molar-refractivity contribution in [3.63, 3.8) is 0 Å². The van der Waals surface area contributed by atoms with Crippen molar-refractivity contribution in [1.82, 2.24) is 5.32 Å². The zero-order chi connectivity index (χ0) is 8.39. The molecule has 1 aromatic heterocycles. The Morgan fingerprint density at radius 2 is 2.58 bits per heavy atom. The first-order valence-electron chi connectivity index (χ1n) is 4.62. The summed E-state index contributed by atoms with van der Waals surface area (Å²) in [6.45, 7) is 1.08. The van der Waals surface area contributed by atoms with Gasteiger partial charge in [0, 0.05) is 13.0 Å². The van der Waals surface area contributed by atoms with E-state index in [1.165, 1.54) is 24.2 Å². The van der Waals surface area contributed by atoms with Gasteiger partial charge >= 0.3 is 0 Å². The average molecular weight is 165 g/mol. The lowest BCUT2D eigenvalue weighted by atomic mass is 9.87. The Hall–Kier alpha value is -0.760. The van der Waals surface area contributed by atoms with E-state index in [1.54, 1.807) is 0 Å². The van der Waals surface area contributed by atoms with Gasteiger partial charge in [-0.3, -0.25) is 0 Å². The highest BCUT2D eigenvalue weighted by Crippen LogP contribution is 2.31. The van der Waals surface area contributed by atoms with Crippen LogP contribution in [0.5, 0.6) is 0 Å². The summed E-state index contributed by atoms with van der Waals surface area (Å²) in [5.41, 5.74) is 1.43. The molecular formula is C10H15NO. The molecule has 1 aliphatic carbocycles. The lowest BCUT2D eigenvalue weighted by molar-refractivity contribution is 0.443. The van der Waals surface area contributed by atoms with Crippen LogP contribution in [0.4, 0.5) is 0 Å². The fraction of sp³-hybridized carbons (Fsp3) is 0.600. The van der Waals surface area contributed by atoms with Gasteiger partial charge in [0.05, 0.1) is 6.26 Å². The predicted molar refractivity (Wildman–Crippen MR) is 48.3 cm³/mol. The van der Waals surface area contributed by atoms with Crippen LogP contribution in [0.25, 0.3) is 0 Å². The van der Waals surface area contributed by atoms with E-state index in [4.69, 9.17) is 4.42 Å². The van der Waals surface area contributed by atoms with Crippen molar-refractivity contribution >= 4 is 0 Å². The van der Waals surface area contributed by atoms with Crippen LogP contribution in [-0.4, -0.2) is 13.6 Å². The lowest BCUT2D eigenvalue weighted by Gasteiger charge is -2.20. The van der Waals surface area contributed by atoms with Crippen molar-refractivity contribution in [1.29, 1.82) is 0 Å². The number of aryl methyl sites for hydroxylation is 1. The van der Waals surface area contributed by atoms with Gasteiger partial charge in [0.25, 0.3) is 0 Å². The third-order valence-corrected chi connectivity index (χ3v) is 2.63. The summed E-state index contributed by atoms with van der Waals surface area (Å²) in [5.74, 6) is 1.89. The Balaban J connectivity index is 2.19. The standard InChI is InChI=1S/C10H15NO/c1-11-7-8-3-2-4-10-9(8)5-6-12-10/h5-6,8,11H,2-4,7H2,1H3. The van der Waals surface area contributed by atoms with Crippen molar-refractivity contribution in [3.8, 4) is 0 Å². The number of rotatable bonds is 2. The van der Waals surface area contributed by atoms with Crippen LogP contribution >= 0.6 is 0 Å². The molecule has 66 valence electrons. The molecule has 2 nitrogen and oxygen atoms in total. The Morgan fingerprint density at radius 3 is 3.42 bits per heavy atom. The maximum absolute atomic E-state index is 5.40. The molecule has 0 aliphatic heterocycles. The summed E-state index contributed by atoms with van der Waals surface area (Å²) in [4.78, 5) is 0. The molecule has 1 aromatic rings. The highest BCUT2D eigenvalue weighted by atomic mass is 16.3. The van der Waals surface area contributed by atoms with Crippen LogP contribution in [0, 0.1) is 0 Å². The summed E-state index contributed by atoms with van der Waals surface area (Å²) < 4.78 is 5.40. The second-order valence-corrected chi connectivity index (χ2v) is 3.45. The molecule has 0 saturated carbocycles. The van der Waals surface area contributed by atoms with Gasteiger partial charge in [-0.2, -0.15) is 0 Å². The Morgan fingerprint density at radius 1 is 1.67 bits per heavy atom. The zero-order valence-electron chi connectivity index (χ0n) is 7.47. The molecule has 0 amide bonds. The Bertz CT molecular complexity index is 254. The number of fused-ring (bicyclic) bond motifs is 1. The van der Waals surface area contributed by atoms with Crippen LogP contribution in [0.3, 0.4) is 0 Å². The molecule has 0 aromatic carbocycles. The number of likely N-dealkylation sites (N-methyl/N-ethyl adjacent to an activating group) is 1. The molecule has 0 fully saturated rings. The monoisotopic (exact) mass is 165 g/mol. The minimum atomic E-state index is 0.678. The van der Waals surface area contributed by atoms with Gasteiger partial charge < -0.3 is 9.73 Å². The minimum Gasteiger partial charge on any atom is -0.469 e. The predicted octanol–water partition coefficient (Wildman–Crippen LogP) is 1.92. The summed E-state index contributed by atoms with van der Waals surface area (Å²) >= 11 is 0. The van der Waals surface area contributed by atoms with E-state index < -0.39 is 0 Å². The molecule has 1 N–H and O–H groups in total. The molecule has 1 heterocycles. The quantitative estimate of drug-likeness (QED) is 0.724. The molecule has 0 bridgehead atoms. The fourth-order valence-corrected chi connectivity index (χ4v) is 2.04. The molecule has 0 spiro atoms. The molecule has 1 aliphatic rings. The first-order valence-corrected chi connectivity index (χ1v) is 4.62. The second kappa shape index (κ2) is 3.31. The SMILES string of the molecule is CNCC1CCCc2occc21. The van der Waals surface area contributed by atoms with E-state index in [0.717, 1.165) is 13.0 Å². The van der Waals surface area contributed by atoms with Crippen molar-refractivity contribution in [2.24, 2.45) is 0 Å². The highest BCUT2D eigenvalue weighted by Gasteiger charge is 2.21. The Kier molecular flexibility index (Phi) is 2.17. The normalized spacial score (nSPS) is 22.2. The summed E-state index contributed by atoms with van der Waals surface area (Å²) in [6, 6.07) is 2.12. The van der Waals surface area contributed by atoms with Crippen molar-refractivity contribution in [2.45, 2.75) is 25.2 Å².